The summed E-state index contributed by atoms with van der Waals surface area (Å²) in [6.45, 7) is 0. The molecule has 0 amide bonds. The van der Waals surface area contributed by atoms with Crippen LogP contribution in [0.2, 0.25) is 0 Å². The summed E-state index contributed by atoms with van der Waals surface area (Å²) in [5.74, 6) is -0.0780. The maximum absolute atomic E-state index is 14.2. The Morgan fingerprint density at radius 3 is 1.30 bits per heavy atom. The molecule has 15 heteroatoms. The summed E-state index contributed by atoms with van der Waals surface area (Å²) in [4.78, 5) is 4.54. The number of hydrogen-bond donors (Lipinski definition) is 0. The zero-order valence-corrected chi connectivity index (χ0v) is 26.8. The number of rotatable bonds is 3. The normalized spacial score (nSPS) is 13.2. The lowest BCUT2D eigenvalue weighted by Gasteiger charge is -2.19. The van der Waals surface area contributed by atoms with Crippen LogP contribution in [0.15, 0.2) is 115 Å². The summed E-state index contributed by atoms with van der Waals surface area (Å²) < 4.78 is 171. The molecule has 0 bridgehead atoms. The SMILES string of the molecule is FC(F)(F)c1cc(-c2cc(-n3c4ccccc4c4cc(C(F)(F)F)ccc43)ncc2-n2c3ccccc3c3cc(C(F)(F)F)ccc32)cc(C(F)(F)F)c1. The van der Waals surface area contributed by atoms with E-state index in [0.717, 1.165) is 36.5 Å². The van der Waals surface area contributed by atoms with Crippen molar-refractivity contribution in [2.45, 2.75) is 24.7 Å². The highest BCUT2D eigenvalue weighted by molar-refractivity contribution is 6.11. The van der Waals surface area contributed by atoms with Crippen molar-refractivity contribution < 1.29 is 52.7 Å². The van der Waals surface area contributed by atoms with Gasteiger partial charge in [-0.25, -0.2) is 4.98 Å². The van der Waals surface area contributed by atoms with Crippen LogP contribution in [0.3, 0.4) is 0 Å². The van der Waals surface area contributed by atoms with Crippen molar-refractivity contribution in [3.8, 4) is 22.6 Å². The van der Waals surface area contributed by atoms with E-state index in [9.17, 15) is 52.7 Å². The second kappa shape index (κ2) is 11.8. The highest BCUT2D eigenvalue weighted by Gasteiger charge is 2.38. The van der Waals surface area contributed by atoms with Gasteiger partial charge in [0.05, 0.1) is 56.2 Å². The number of benzene rings is 5. The molecular weight excluding hydrogens is 738 g/mol. The molecule has 0 unspecified atom stereocenters. The van der Waals surface area contributed by atoms with E-state index >= 15 is 0 Å². The van der Waals surface area contributed by atoms with Gasteiger partial charge in [-0.1, -0.05) is 36.4 Å². The van der Waals surface area contributed by atoms with Gasteiger partial charge >= 0.3 is 24.7 Å². The van der Waals surface area contributed by atoms with Gasteiger partial charge in [-0.3, -0.25) is 4.57 Å². The summed E-state index contributed by atoms with van der Waals surface area (Å²) in [6.07, 6.45) is -18.7. The Kier molecular flexibility index (Phi) is 7.63. The van der Waals surface area contributed by atoms with Gasteiger partial charge in [0.15, 0.2) is 0 Å². The molecule has 274 valence electrons. The van der Waals surface area contributed by atoms with E-state index < -0.39 is 52.5 Å². The molecule has 0 N–H and O–H groups in total. The van der Waals surface area contributed by atoms with Gasteiger partial charge in [-0.05, 0) is 78.4 Å². The minimum absolute atomic E-state index is 0.0321. The van der Waals surface area contributed by atoms with Crippen molar-refractivity contribution in [2.24, 2.45) is 0 Å². The molecule has 3 aromatic heterocycles. The molecule has 0 aliphatic rings. The van der Waals surface area contributed by atoms with Crippen molar-refractivity contribution in [1.29, 1.82) is 0 Å². The van der Waals surface area contributed by atoms with Crippen LogP contribution in [0.1, 0.15) is 22.3 Å². The number of halogens is 12. The number of nitrogens with zero attached hydrogens (tertiary/aromatic N) is 3. The monoisotopic (exact) mass is 757 g/mol. The topological polar surface area (TPSA) is 22.8 Å². The first-order valence-corrected chi connectivity index (χ1v) is 15.8. The smallest absolute Gasteiger partial charge is 0.307 e. The molecule has 0 aliphatic heterocycles. The molecular formula is C39H19F12N3. The molecule has 8 aromatic rings. The number of hydrogen-bond acceptors (Lipinski definition) is 1. The number of para-hydroxylation sites is 2. The van der Waals surface area contributed by atoms with Gasteiger partial charge < -0.3 is 4.57 Å². The van der Waals surface area contributed by atoms with Crippen LogP contribution in [0.4, 0.5) is 52.7 Å². The minimum Gasteiger partial charge on any atom is -0.307 e. The van der Waals surface area contributed by atoms with Gasteiger partial charge in [0.1, 0.15) is 5.82 Å². The molecule has 0 aliphatic carbocycles. The average molecular weight is 758 g/mol. The third-order valence-electron chi connectivity index (χ3n) is 9.24. The quantitative estimate of drug-likeness (QED) is 0.165. The van der Waals surface area contributed by atoms with Crippen LogP contribution < -0.4 is 0 Å². The molecule has 0 spiro atoms. The van der Waals surface area contributed by atoms with Crippen LogP contribution >= 0.6 is 0 Å². The van der Waals surface area contributed by atoms with Crippen molar-refractivity contribution in [3.63, 3.8) is 0 Å². The molecule has 0 saturated heterocycles. The summed E-state index contributed by atoms with van der Waals surface area (Å²) in [5.41, 5.74) is -5.13. The molecule has 8 rings (SSSR count). The summed E-state index contributed by atoms with van der Waals surface area (Å²) in [6, 6.07) is 20.5. The second-order valence-corrected chi connectivity index (χ2v) is 12.5. The van der Waals surface area contributed by atoms with E-state index in [1.54, 1.807) is 36.4 Å². The fourth-order valence-electron chi connectivity index (χ4n) is 6.88. The van der Waals surface area contributed by atoms with Crippen molar-refractivity contribution >= 4 is 43.6 Å². The first-order valence-electron chi connectivity index (χ1n) is 15.8. The largest absolute Gasteiger partial charge is 0.416 e. The predicted octanol–water partition coefficient (Wildman–Crippen LogP) is 13.0. The van der Waals surface area contributed by atoms with Crippen molar-refractivity contribution in [2.75, 3.05) is 0 Å². The highest BCUT2D eigenvalue weighted by Crippen LogP contribution is 2.44. The van der Waals surface area contributed by atoms with Crippen molar-refractivity contribution in [3.05, 3.63) is 138 Å². The predicted molar refractivity (Wildman–Crippen MR) is 178 cm³/mol. The Labute approximate surface area is 295 Å². The minimum atomic E-state index is -5.23. The lowest BCUT2D eigenvalue weighted by molar-refractivity contribution is -0.143. The van der Waals surface area contributed by atoms with Crippen LogP contribution in [0.25, 0.3) is 66.2 Å². The Morgan fingerprint density at radius 1 is 0.389 bits per heavy atom. The standard InChI is InChI=1S/C39H19F12N3/c40-36(41,42)21-9-11-32-28(16-21)25-5-1-3-7-30(25)53(32)34-19-52-35(18-27(34)20-13-23(38(46,47)48)15-24(14-20)39(49,50)51)54-31-8-4-2-6-26(31)29-17-22(37(43,44)45)10-12-33(29)54/h1-19H. The highest BCUT2D eigenvalue weighted by atomic mass is 19.4. The number of alkyl halides is 12. The van der Waals surface area contributed by atoms with E-state index in [1.807, 2.05) is 0 Å². The first kappa shape index (κ1) is 35.1. The van der Waals surface area contributed by atoms with Gasteiger partial charge in [0, 0.05) is 27.1 Å². The lowest BCUT2D eigenvalue weighted by Crippen LogP contribution is -2.11. The fraction of sp³-hybridized carbons (Fsp3) is 0.103. The summed E-state index contributed by atoms with van der Waals surface area (Å²) >= 11 is 0. The maximum atomic E-state index is 14.2. The first-order chi connectivity index (χ1) is 25.3. The molecule has 0 saturated carbocycles. The Hall–Kier alpha value is -5.99. The molecule has 54 heavy (non-hydrogen) atoms. The zero-order valence-electron chi connectivity index (χ0n) is 26.8. The van der Waals surface area contributed by atoms with E-state index in [4.69, 9.17) is 0 Å². The third kappa shape index (κ3) is 5.78. The molecule has 3 heterocycles. The van der Waals surface area contributed by atoms with Gasteiger partial charge in [-0.2, -0.15) is 52.7 Å². The second-order valence-electron chi connectivity index (χ2n) is 12.5. The zero-order chi connectivity index (χ0) is 38.5. The van der Waals surface area contributed by atoms with Gasteiger partial charge in [-0.15, -0.1) is 0 Å². The van der Waals surface area contributed by atoms with Crippen LogP contribution in [0, 0.1) is 0 Å². The lowest BCUT2D eigenvalue weighted by atomic mass is 9.98. The average Bonchev–Trinajstić information content (AvgIpc) is 3.62. The Bertz CT molecular complexity index is 2750. The van der Waals surface area contributed by atoms with Gasteiger partial charge in [0.2, 0.25) is 0 Å². The van der Waals surface area contributed by atoms with E-state index in [-0.39, 0.29) is 50.5 Å². The Balaban J connectivity index is 1.49. The molecule has 0 atom stereocenters. The number of pyridine rings is 1. The van der Waals surface area contributed by atoms with Gasteiger partial charge in [0.25, 0.3) is 0 Å². The molecule has 5 aromatic carbocycles. The summed E-state index contributed by atoms with van der Waals surface area (Å²) in [5, 5.41) is 0.899. The molecule has 3 nitrogen and oxygen atoms in total. The third-order valence-corrected chi connectivity index (χ3v) is 9.24. The molecule has 0 radical (unpaired) electrons. The van der Waals surface area contributed by atoms with Crippen LogP contribution in [-0.2, 0) is 24.7 Å². The number of aromatic nitrogens is 3. The Morgan fingerprint density at radius 2 is 0.815 bits per heavy atom. The van der Waals surface area contributed by atoms with E-state index in [2.05, 4.69) is 4.98 Å². The summed E-state index contributed by atoms with van der Waals surface area (Å²) in [7, 11) is 0. The molecule has 0 fully saturated rings. The fourth-order valence-corrected chi connectivity index (χ4v) is 6.88. The number of fused-ring (bicyclic) bond motifs is 6. The van der Waals surface area contributed by atoms with E-state index in [1.165, 1.54) is 33.4 Å². The van der Waals surface area contributed by atoms with E-state index in [0.29, 0.717) is 28.4 Å². The van der Waals surface area contributed by atoms with Crippen LogP contribution in [-0.4, -0.2) is 14.1 Å². The van der Waals surface area contributed by atoms with Crippen LogP contribution in [0.5, 0.6) is 0 Å². The van der Waals surface area contributed by atoms with Crippen molar-refractivity contribution in [1.82, 2.24) is 14.1 Å². The maximum Gasteiger partial charge on any atom is 0.416 e.